The van der Waals surface area contributed by atoms with E-state index in [1.54, 1.807) is 50.6 Å². The number of nitrogens with zero attached hydrogens (tertiary/aromatic N) is 6. The van der Waals surface area contributed by atoms with E-state index in [1.165, 1.54) is 0 Å². The van der Waals surface area contributed by atoms with Crippen molar-refractivity contribution in [2.45, 2.75) is 20.0 Å². The topological polar surface area (TPSA) is 102 Å². The average Bonchev–Trinajstić information content (AvgIpc) is 3.48. The van der Waals surface area contributed by atoms with Crippen LogP contribution < -0.4 is 0 Å². The Morgan fingerprint density at radius 2 is 1.25 bits per heavy atom. The number of aromatic nitrogens is 6. The van der Waals surface area contributed by atoms with Crippen LogP contribution in [0, 0.1) is 33.3 Å². The molecule has 0 saturated heterocycles. The van der Waals surface area contributed by atoms with Gasteiger partial charge in [-0.3, -0.25) is 0 Å². The maximum absolute atomic E-state index is 7.50. The zero-order chi connectivity index (χ0) is 20.5. The van der Waals surface area contributed by atoms with Gasteiger partial charge in [0.15, 0.2) is 0 Å². The van der Waals surface area contributed by atoms with Crippen LogP contribution in [-0.2, 0) is 35.1 Å². The Morgan fingerprint density at radius 1 is 0.893 bits per heavy atom. The van der Waals surface area contributed by atoms with Gasteiger partial charge in [-0.05, 0) is 45.8 Å². The van der Waals surface area contributed by atoms with Crippen LogP contribution in [0.1, 0.15) is 13.8 Å². The molecular formula is C17H20BMoN6O3+. The molecule has 0 spiro atoms. The molecule has 4 radical (unpaired) electrons. The van der Waals surface area contributed by atoms with E-state index >= 15 is 0 Å². The van der Waals surface area contributed by atoms with Crippen molar-refractivity contribution in [2.24, 2.45) is 0 Å². The fourth-order valence-corrected chi connectivity index (χ4v) is 1.89. The molecule has 0 unspecified atom stereocenters. The molecule has 28 heavy (non-hydrogen) atoms. The summed E-state index contributed by atoms with van der Waals surface area (Å²) in [5.74, 6) is 0. The molecule has 0 fully saturated rings. The van der Waals surface area contributed by atoms with Crippen molar-refractivity contribution >= 4 is 7.12 Å². The first-order valence-electron chi connectivity index (χ1n) is 7.65. The Labute approximate surface area is 180 Å². The maximum atomic E-state index is 7.50. The summed E-state index contributed by atoms with van der Waals surface area (Å²) in [6.07, 6.45) is 18.2. The molecule has 3 heterocycles. The van der Waals surface area contributed by atoms with Crippen LogP contribution in [0.25, 0.3) is 0 Å². The standard InChI is InChI=1S/C9H9BN6.C6H11O.2CO.Mo/c1-4-14(7-11-1)10(15-5-2-12-8-15)16-6-3-13-9-16;1-4-5-7-6(2)3;2*1-2;/h1-9H;4-6H,1H2,2-3H3;;;/q-1;;;;+2. The van der Waals surface area contributed by atoms with Gasteiger partial charge in [-0.2, -0.15) is 0 Å². The Morgan fingerprint density at radius 3 is 1.43 bits per heavy atom. The third-order valence-electron chi connectivity index (χ3n) is 2.82. The summed E-state index contributed by atoms with van der Waals surface area (Å²) in [5.41, 5.74) is 0. The van der Waals surface area contributed by atoms with E-state index in [0.717, 1.165) is 0 Å². The Balaban J connectivity index is 0. The van der Waals surface area contributed by atoms with Crippen molar-refractivity contribution in [3.63, 3.8) is 0 Å². The summed E-state index contributed by atoms with van der Waals surface area (Å²) in [7, 11) is -0.0486. The third kappa shape index (κ3) is 10.2. The molecule has 0 aromatic carbocycles. The second-order valence-corrected chi connectivity index (χ2v) is 4.93. The van der Waals surface area contributed by atoms with E-state index in [4.69, 9.17) is 14.0 Å². The number of hydrogen-bond acceptors (Lipinski definition) is 4. The molecule has 0 aliphatic rings. The van der Waals surface area contributed by atoms with Crippen molar-refractivity contribution in [3.8, 4) is 0 Å². The molecule has 3 aromatic heterocycles. The normalized spacial score (nSPS) is 9.04. The van der Waals surface area contributed by atoms with Crippen LogP contribution in [0.15, 0.2) is 56.2 Å². The Bertz CT molecular complexity index is 627. The first-order chi connectivity index (χ1) is 13.2. The van der Waals surface area contributed by atoms with Gasteiger partial charge in [0.05, 0.1) is 31.7 Å². The molecule has 0 aliphatic carbocycles. The first kappa shape index (κ1) is 28.0. The molecule has 0 bridgehead atoms. The van der Waals surface area contributed by atoms with E-state index in [2.05, 4.69) is 35.2 Å². The minimum Gasteiger partial charge on any atom is -0.498 e. The largest absolute Gasteiger partial charge is 2.00 e. The van der Waals surface area contributed by atoms with E-state index in [0.29, 0.717) is 0 Å². The molecule has 0 aliphatic heterocycles. The van der Waals surface area contributed by atoms with Gasteiger partial charge in [-0.25, -0.2) is 15.0 Å². The summed E-state index contributed by atoms with van der Waals surface area (Å²) >= 11 is 0. The Hall–Kier alpha value is -2.18. The molecule has 144 valence electrons. The molecule has 3 rings (SSSR count). The van der Waals surface area contributed by atoms with Crippen molar-refractivity contribution in [2.75, 3.05) is 0 Å². The van der Waals surface area contributed by atoms with Crippen molar-refractivity contribution in [1.29, 1.82) is 0 Å². The molecule has 3 aromatic rings. The molecule has 0 amide bonds. The van der Waals surface area contributed by atoms with Crippen molar-refractivity contribution in [1.82, 2.24) is 28.4 Å². The van der Waals surface area contributed by atoms with Gasteiger partial charge in [0.1, 0.15) is 0 Å². The fraction of sp³-hybridized carbons (Fsp3) is 0.176. The second-order valence-electron chi connectivity index (χ2n) is 4.93. The van der Waals surface area contributed by atoms with Gasteiger partial charge in [0.25, 0.3) is 0 Å². The Kier molecular flexibility index (Phi) is 18.2. The zero-order valence-corrected chi connectivity index (χ0v) is 17.5. The maximum Gasteiger partial charge on any atom is 2.00 e. The van der Waals surface area contributed by atoms with E-state index in [1.807, 2.05) is 45.9 Å². The summed E-state index contributed by atoms with van der Waals surface area (Å²) < 4.78 is 25.9. The minimum atomic E-state index is -0.0486. The number of ether oxygens (including phenoxy) is 1. The van der Waals surface area contributed by atoms with E-state index < -0.39 is 0 Å². The van der Waals surface area contributed by atoms with E-state index in [-0.39, 0.29) is 34.3 Å². The van der Waals surface area contributed by atoms with Crippen LogP contribution in [-0.4, -0.2) is 41.6 Å². The molecule has 9 nitrogen and oxygen atoms in total. The van der Waals surface area contributed by atoms with Gasteiger partial charge in [0, 0.05) is 18.6 Å². The van der Waals surface area contributed by atoms with Crippen molar-refractivity contribution < 1.29 is 35.1 Å². The molecular weight excluding hydrogens is 443 g/mol. The predicted molar refractivity (Wildman–Crippen MR) is 96.7 cm³/mol. The molecule has 11 heteroatoms. The van der Waals surface area contributed by atoms with Crippen LogP contribution in [0.2, 0.25) is 0 Å². The smallest absolute Gasteiger partial charge is 0.498 e. The molecule has 0 N–H and O–H groups in total. The summed E-state index contributed by atoms with van der Waals surface area (Å²) in [6, 6.07) is 0. The number of hydrogen-bond donors (Lipinski definition) is 0. The third-order valence-corrected chi connectivity index (χ3v) is 2.82. The van der Waals surface area contributed by atoms with Crippen LogP contribution >= 0.6 is 0 Å². The monoisotopic (exact) mass is 465 g/mol. The van der Waals surface area contributed by atoms with Gasteiger partial charge in [0.2, 0.25) is 7.12 Å². The predicted octanol–water partition coefficient (Wildman–Crippen LogP) is 1.74. The SMILES string of the molecule is [C-]#[O+].[C-]#[O+].[CH2][CH][CH]OC(C)C.[Mo+2].c1cn([B-](n2ccnc2)n2ccnc2)cn1. The second kappa shape index (κ2) is 18.2. The van der Waals surface area contributed by atoms with Crippen LogP contribution in [0.5, 0.6) is 0 Å². The van der Waals surface area contributed by atoms with Gasteiger partial charge >= 0.3 is 43.7 Å². The molecule has 0 atom stereocenters. The first-order valence-corrected chi connectivity index (χ1v) is 7.65. The average molecular weight is 463 g/mol. The quantitative estimate of drug-likeness (QED) is 0.316. The fourth-order valence-electron chi connectivity index (χ4n) is 1.89. The van der Waals surface area contributed by atoms with Gasteiger partial charge in [-0.15, -0.1) is 0 Å². The van der Waals surface area contributed by atoms with Crippen molar-refractivity contribution in [3.05, 3.63) is 89.4 Å². The van der Waals surface area contributed by atoms with Crippen LogP contribution in [0.3, 0.4) is 0 Å². The number of rotatable bonds is 6. The van der Waals surface area contributed by atoms with Crippen LogP contribution in [0.4, 0.5) is 0 Å². The summed E-state index contributed by atoms with van der Waals surface area (Å²) in [4.78, 5) is 12.2. The van der Waals surface area contributed by atoms with E-state index in [9.17, 15) is 0 Å². The summed E-state index contributed by atoms with van der Waals surface area (Å²) in [6.45, 7) is 18.0. The minimum absolute atomic E-state index is 0. The van der Waals surface area contributed by atoms with Gasteiger partial charge < -0.3 is 18.2 Å². The molecule has 0 saturated carbocycles. The zero-order valence-electron chi connectivity index (χ0n) is 15.5. The number of imidazole rings is 3. The summed E-state index contributed by atoms with van der Waals surface area (Å²) in [5, 5.41) is 0. The van der Waals surface area contributed by atoms with Gasteiger partial charge in [-0.1, -0.05) is 0 Å².